The van der Waals surface area contributed by atoms with Crippen molar-refractivity contribution < 1.29 is 9.18 Å². The molecule has 0 aliphatic heterocycles. The van der Waals surface area contributed by atoms with Crippen molar-refractivity contribution in [3.63, 3.8) is 0 Å². The van der Waals surface area contributed by atoms with E-state index >= 15 is 0 Å². The first-order valence-electron chi connectivity index (χ1n) is 5.14. The van der Waals surface area contributed by atoms with Crippen molar-refractivity contribution in [1.29, 1.82) is 0 Å². The first-order chi connectivity index (χ1) is 7.16. The molecule has 0 radical (unpaired) electrons. The summed E-state index contributed by atoms with van der Waals surface area (Å²) in [6.45, 7) is 2.07. The van der Waals surface area contributed by atoms with Crippen LogP contribution in [0.3, 0.4) is 0 Å². The number of benzene rings is 1. The van der Waals surface area contributed by atoms with Gasteiger partial charge in [0.05, 0.1) is 10.0 Å². The third-order valence-electron chi connectivity index (χ3n) is 2.26. The highest BCUT2D eigenvalue weighted by molar-refractivity contribution is 9.10. The van der Waals surface area contributed by atoms with Gasteiger partial charge in [0.2, 0.25) is 0 Å². The van der Waals surface area contributed by atoms with Gasteiger partial charge in [0.15, 0.2) is 5.78 Å². The van der Waals surface area contributed by atoms with E-state index in [-0.39, 0.29) is 11.3 Å². The smallest absolute Gasteiger partial charge is 0.165 e. The van der Waals surface area contributed by atoms with Crippen LogP contribution in [0.15, 0.2) is 22.7 Å². The third kappa shape index (κ3) is 3.42. The van der Waals surface area contributed by atoms with Crippen molar-refractivity contribution >= 4 is 21.7 Å². The molecule has 0 amide bonds. The van der Waals surface area contributed by atoms with Crippen LogP contribution in [-0.4, -0.2) is 5.78 Å². The number of ketones is 1. The van der Waals surface area contributed by atoms with Gasteiger partial charge in [0.25, 0.3) is 0 Å². The highest BCUT2D eigenvalue weighted by Crippen LogP contribution is 2.20. The molecule has 0 saturated carbocycles. The van der Waals surface area contributed by atoms with E-state index in [1.54, 1.807) is 12.1 Å². The van der Waals surface area contributed by atoms with Gasteiger partial charge in [-0.15, -0.1) is 0 Å². The Morgan fingerprint density at radius 2 is 2.13 bits per heavy atom. The molecule has 15 heavy (non-hydrogen) atoms. The molecule has 0 aliphatic carbocycles. The number of Topliss-reactive ketones (excluding diaryl/α,β-unsaturated/α-hetero) is 1. The second-order valence-corrected chi connectivity index (χ2v) is 4.34. The van der Waals surface area contributed by atoms with Gasteiger partial charge in [-0.2, -0.15) is 0 Å². The summed E-state index contributed by atoms with van der Waals surface area (Å²) in [6, 6.07) is 4.81. The monoisotopic (exact) mass is 272 g/mol. The molecule has 0 fully saturated rings. The first-order valence-corrected chi connectivity index (χ1v) is 5.93. The number of halogens is 2. The average molecular weight is 273 g/mol. The third-order valence-corrected chi connectivity index (χ3v) is 2.87. The normalized spacial score (nSPS) is 10.3. The summed E-state index contributed by atoms with van der Waals surface area (Å²) < 4.78 is 13.8. The van der Waals surface area contributed by atoms with Crippen LogP contribution in [0.5, 0.6) is 0 Å². The van der Waals surface area contributed by atoms with Crippen LogP contribution < -0.4 is 0 Å². The Morgan fingerprint density at radius 1 is 1.40 bits per heavy atom. The minimum absolute atomic E-state index is 0.109. The molecule has 0 spiro atoms. The fraction of sp³-hybridized carbons (Fsp3) is 0.417. The molecule has 0 atom stereocenters. The molecular formula is C12H14BrFO. The van der Waals surface area contributed by atoms with Crippen molar-refractivity contribution in [2.24, 2.45) is 0 Å². The molecule has 3 heteroatoms. The Labute approximate surface area is 97.8 Å². The van der Waals surface area contributed by atoms with Crippen molar-refractivity contribution in [3.05, 3.63) is 34.1 Å². The number of hydrogen-bond donors (Lipinski definition) is 0. The molecule has 0 aliphatic rings. The van der Waals surface area contributed by atoms with E-state index in [1.165, 1.54) is 6.07 Å². The van der Waals surface area contributed by atoms with Crippen LogP contribution >= 0.6 is 15.9 Å². The molecular weight excluding hydrogens is 259 g/mol. The molecule has 1 aromatic carbocycles. The van der Waals surface area contributed by atoms with E-state index in [4.69, 9.17) is 0 Å². The molecule has 0 unspecified atom stereocenters. The van der Waals surface area contributed by atoms with Gasteiger partial charge >= 0.3 is 0 Å². The van der Waals surface area contributed by atoms with Crippen LogP contribution in [0.4, 0.5) is 4.39 Å². The number of carbonyl (C=O) groups is 1. The predicted octanol–water partition coefficient (Wildman–Crippen LogP) is 4.35. The summed E-state index contributed by atoms with van der Waals surface area (Å²) >= 11 is 3.07. The molecule has 0 saturated heterocycles. The van der Waals surface area contributed by atoms with Gasteiger partial charge in [0.1, 0.15) is 5.82 Å². The Hall–Kier alpha value is -0.700. The SMILES string of the molecule is CCCCCC(=O)c1cccc(Br)c1F. The molecule has 1 aromatic rings. The van der Waals surface area contributed by atoms with E-state index in [2.05, 4.69) is 22.9 Å². The van der Waals surface area contributed by atoms with E-state index in [9.17, 15) is 9.18 Å². The standard InChI is InChI=1S/C12H14BrFO/c1-2-3-4-8-11(15)9-6-5-7-10(13)12(9)14/h5-7H,2-4,8H2,1H3. The van der Waals surface area contributed by atoms with Crippen molar-refractivity contribution in [2.75, 3.05) is 0 Å². The minimum Gasteiger partial charge on any atom is -0.294 e. The highest BCUT2D eigenvalue weighted by Gasteiger charge is 2.12. The maximum atomic E-state index is 13.5. The number of hydrogen-bond acceptors (Lipinski definition) is 1. The zero-order valence-corrected chi connectivity index (χ0v) is 10.3. The van der Waals surface area contributed by atoms with Crippen molar-refractivity contribution in [3.8, 4) is 0 Å². The van der Waals surface area contributed by atoms with Crippen molar-refractivity contribution in [2.45, 2.75) is 32.6 Å². The molecule has 82 valence electrons. The summed E-state index contributed by atoms with van der Waals surface area (Å²) in [5, 5.41) is 0. The Bertz CT molecular complexity index is 349. The van der Waals surface area contributed by atoms with Gasteiger partial charge in [-0.1, -0.05) is 25.8 Å². The van der Waals surface area contributed by atoms with Crippen LogP contribution in [0.1, 0.15) is 43.0 Å². The van der Waals surface area contributed by atoms with E-state index in [0.29, 0.717) is 10.9 Å². The summed E-state index contributed by atoms with van der Waals surface area (Å²) in [5.41, 5.74) is 0.195. The average Bonchev–Trinajstić information content (AvgIpc) is 2.22. The fourth-order valence-electron chi connectivity index (χ4n) is 1.39. The molecule has 0 aromatic heterocycles. The summed E-state index contributed by atoms with van der Waals surface area (Å²) in [4.78, 5) is 11.6. The summed E-state index contributed by atoms with van der Waals surface area (Å²) in [6.07, 6.45) is 3.35. The number of carbonyl (C=O) groups excluding carboxylic acids is 1. The summed E-state index contributed by atoms with van der Waals surface area (Å²) in [5.74, 6) is -0.554. The first kappa shape index (κ1) is 12.4. The fourth-order valence-corrected chi connectivity index (χ4v) is 1.76. The lowest BCUT2D eigenvalue weighted by Crippen LogP contribution is -2.02. The number of rotatable bonds is 5. The lowest BCUT2D eigenvalue weighted by molar-refractivity contribution is 0.0975. The maximum absolute atomic E-state index is 13.5. The molecule has 1 nitrogen and oxygen atoms in total. The van der Waals surface area contributed by atoms with Crippen LogP contribution in [-0.2, 0) is 0 Å². The Kier molecular flexibility index (Phi) is 4.95. The van der Waals surface area contributed by atoms with Crippen LogP contribution in [0.2, 0.25) is 0 Å². The van der Waals surface area contributed by atoms with Gasteiger partial charge in [-0.25, -0.2) is 4.39 Å². The predicted molar refractivity (Wildman–Crippen MR) is 62.6 cm³/mol. The highest BCUT2D eigenvalue weighted by atomic mass is 79.9. The largest absolute Gasteiger partial charge is 0.294 e. The Morgan fingerprint density at radius 3 is 2.80 bits per heavy atom. The topological polar surface area (TPSA) is 17.1 Å². The zero-order chi connectivity index (χ0) is 11.3. The van der Waals surface area contributed by atoms with Gasteiger partial charge < -0.3 is 0 Å². The molecule has 0 heterocycles. The van der Waals surface area contributed by atoms with E-state index in [0.717, 1.165) is 19.3 Å². The van der Waals surface area contributed by atoms with E-state index in [1.807, 2.05) is 0 Å². The van der Waals surface area contributed by atoms with E-state index < -0.39 is 5.82 Å². The maximum Gasteiger partial charge on any atom is 0.165 e. The van der Waals surface area contributed by atoms with Crippen LogP contribution in [0.25, 0.3) is 0 Å². The summed E-state index contributed by atoms with van der Waals surface area (Å²) in [7, 11) is 0. The molecule has 0 N–H and O–H groups in total. The van der Waals surface area contributed by atoms with Crippen molar-refractivity contribution in [1.82, 2.24) is 0 Å². The lowest BCUT2D eigenvalue weighted by Gasteiger charge is -2.03. The molecule has 0 bridgehead atoms. The number of unbranched alkanes of at least 4 members (excludes halogenated alkanes) is 2. The lowest BCUT2D eigenvalue weighted by atomic mass is 10.0. The van der Waals surface area contributed by atoms with Gasteiger partial charge in [-0.05, 0) is 34.5 Å². The van der Waals surface area contributed by atoms with Crippen LogP contribution in [0, 0.1) is 5.82 Å². The van der Waals surface area contributed by atoms with Gasteiger partial charge in [0, 0.05) is 6.42 Å². The quantitative estimate of drug-likeness (QED) is 0.575. The Balaban J connectivity index is 2.69. The second-order valence-electron chi connectivity index (χ2n) is 3.48. The van der Waals surface area contributed by atoms with Gasteiger partial charge in [-0.3, -0.25) is 4.79 Å². The minimum atomic E-state index is -0.445. The zero-order valence-electron chi connectivity index (χ0n) is 8.72. The second kappa shape index (κ2) is 6.01. The molecule has 1 rings (SSSR count).